The van der Waals surface area contributed by atoms with E-state index in [1.54, 1.807) is 20.9 Å². The third-order valence-corrected chi connectivity index (χ3v) is 2.36. The molecule has 0 aromatic carbocycles. The maximum Gasteiger partial charge on any atom is 0.222 e. The molecule has 0 saturated heterocycles. The van der Waals surface area contributed by atoms with Crippen LogP contribution in [0.15, 0.2) is 6.20 Å². The van der Waals surface area contributed by atoms with Gasteiger partial charge in [0.1, 0.15) is 0 Å². The molecule has 0 fully saturated rings. The Kier molecular flexibility index (Phi) is 3.09. The number of nitrogens with zero attached hydrogens (tertiary/aromatic N) is 3. The van der Waals surface area contributed by atoms with Crippen molar-refractivity contribution in [3.05, 3.63) is 12.0 Å². The summed E-state index contributed by atoms with van der Waals surface area (Å²) in [6.07, 6.45) is 1.02. The first kappa shape index (κ1) is 11.6. The van der Waals surface area contributed by atoms with Gasteiger partial charge in [0, 0.05) is 7.05 Å². The number of nitrogen functional groups attached to an aromatic ring is 1. The zero-order valence-electron chi connectivity index (χ0n) is 9.03. The molecule has 1 aromatic rings. The number of aromatic nitrogens is 2. The topological polar surface area (TPSA) is 75.3 Å². The number of halogens is 1. The SMILES string of the molecule is CN(c1nc(N)ncc1F)C(C)(C)CO. The fraction of sp³-hybridized carbons (Fsp3) is 0.556. The summed E-state index contributed by atoms with van der Waals surface area (Å²) in [6.45, 7) is 3.42. The molecule has 1 heterocycles. The van der Waals surface area contributed by atoms with Crippen molar-refractivity contribution in [2.75, 3.05) is 24.3 Å². The number of rotatable bonds is 3. The normalized spacial score (nSPS) is 11.5. The smallest absolute Gasteiger partial charge is 0.222 e. The average molecular weight is 214 g/mol. The first-order valence-corrected chi connectivity index (χ1v) is 4.51. The number of aliphatic hydroxyl groups excluding tert-OH is 1. The molecule has 15 heavy (non-hydrogen) atoms. The van der Waals surface area contributed by atoms with Crippen LogP contribution in [-0.4, -0.2) is 34.3 Å². The van der Waals surface area contributed by atoms with E-state index in [4.69, 9.17) is 10.8 Å². The van der Waals surface area contributed by atoms with Gasteiger partial charge in [0.15, 0.2) is 11.6 Å². The highest BCUT2D eigenvalue weighted by Gasteiger charge is 2.26. The van der Waals surface area contributed by atoms with Crippen LogP contribution in [0, 0.1) is 5.82 Å². The van der Waals surface area contributed by atoms with E-state index in [2.05, 4.69) is 9.97 Å². The van der Waals surface area contributed by atoms with Crippen LogP contribution in [0.1, 0.15) is 13.8 Å². The largest absolute Gasteiger partial charge is 0.394 e. The summed E-state index contributed by atoms with van der Waals surface area (Å²) in [5.74, 6) is -0.471. The van der Waals surface area contributed by atoms with Crippen LogP contribution in [0.2, 0.25) is 0 Å². The van der Waals surface area contributed by atoms with Crippen molar-refractivity contribution in [2.45, 2.75) is 19.4 Å². The molecule has 0 spiro atoms. The molecule has 0 radical (unpaired) electrons. The summed E-state index contributed by atoms with van der Waals surface area (Å²) < 4.78 is 13.4. The van der Waals surface area contributed by atoms with Crippen molar-refractivity contribution in [2.24, 2.45) is 0 Å². The molecule has 1 aromatic heterocycles. The van der Waals surface area contributed by atoms with Gasteiger partial charge in [-0.15, -0.1) is 0 Å². The highest BCUT2D eigenvalue weighted by atomic mass is 19.1. The maximum absolute atomic E-state index is 13.4. The first-order valence-electron chi connectivity index (χ1n) is 4.51. The zero-order chi connectivity index (χ0) is 11.6. The molecule has 3 N–H and O–H groups in total. The van der Waals surface area contributed by atoms with Crippen molar-refractivity contribution in [3.63, 3.8) is 0 Å². The van der Waals surface area contributed by atoms with Crippen molar-refractivity contribution < 1.29 is 9.50 Å². The number of hydrogen-bond donors (Lipinski definition) is 2. The fourth-order valence-electron chi connectivity index (χ4n) is 0.999. The minimum Gasteiger partial charge on any atom is -0.394 e. The van der Waals surface area contributed by atoms with E-state index >= 15 is 0 Å². The van der Waals surface area contributed by atoms with Crippen LogP contribution in [0.5, 0.6) is 0 Å². The number of aliphatic hydroxyl groups is 1. The highest BCUT2D eigenvalue weighted by Crippen LogP contribution is 2.22. The van der Waals surface area contributed by atoms with Gasteiger partial charge in [0.05, 0.1) is 18.3 Å². The third-order valence-electron chi connectivity index (χ3n) is 2.36. The number of anilines is 2. The Morgan fingerprint density at radius 3 is 2.73 bits per heavy atom. The lowest BCUT2D eigenvalue weighted by Crippen LogP contribution is -2.45. The molecule has 0 bridgehead atoms. The summed E-state index contributed by atoms with van der Waals surface area (Å²) in [4.78, 5) is 8.85. The predicted molar refractivity (Wildman–Crippen MR) is 56.0 cm³/mol. The van der Waals surface area contributed by atoms with Gasteiger partial charge in [-0.25, -0.2) is 9.37 Å². The number of nitrogens with two attached hydrogens (primary N) is 1. The van der Waals surface area contributed by atoms with Crippen molar-refractivity contribution in [1.29, 1.82) is 0 Å². The molecule has 1 rings (SSSR count). The minimum absolute atomic E-state index is 0.00647. The average Bonchev–Trinajstić information content (AvgIpc) is 2.20. The molecule has 84 valence electrons. The van der Waals surface area contributed by atoms with Gasteiger partial charge in [-0.1, -0.05) is 0 Å². The summed E-state index contributed by atoms with van der Waals surface area (Å²) in [7, 11) is 1.64. The Labute approximate surface area is 87.8 Å². The van der Waals surface area contributed by atoms with Crippen LogP contribution < -0.4 is 10.6 Å². The van der Waals surface area contributed by atoms with Gasteiger partial charge in [0.2, 0.25) is 5.95 Å². The second kappa shape index (κ2) is 3.98. The quantitative estimate of drug-likeness (QED) is 0.762. The van der Waals surface area contributed by atoms with Crippen LogP contribution in [0.3, 0.4) is 0 Å². The molecule has 0 atom stereocenters. The van der Waals surface area contributed by atoms with Gasteiger partial charge in [0.25, 0.3) is 0 Å². The Morgan fingerprint density at radius 1 is 1.60 bits per heavy atom. The lowest BCUT2D eigenvalue weighted by atomic mass is 10.1. The first-order chi connectivity index (χ1) is 6.88. The lowest BCUT2D eigenvalue weighted by Gasteiger charge is -2.34. The van der Waals surface area contributed by atoms with E-state index in [1.807, 2.05) is 0 Å². The van der Waals surface area contributed by atoms with E-state index in [9.17, 15) is 4.39 Å². The summed E-state index contributed by atoms with van der Waals surface area (Å²) in [5, 5.41) is 9.15. The minimum atomic E-state index is -0.609. The summed E-state index contributed by atoms with van der Waals surface area (Å²) in [5.41, 5.74) is 4.76. The Morgan fingerprint density at radius 2 is 2.20 bits per heavy atom. The Bertz CT molecular complexity index is 356. The molecular weight excluding hydrogens is 199 g/mol. The van der Waals surface area contributed by atoms with Gasteiger partial charge < -0.3 is 15.7 Å². The van der Waals surface area contributed by atoms with Crippen LogP contribution in [-0.2, 0) is 0 Å². The molecule has 0 saturated carbocycles. The van der Waals surface area contributed by atoms with E-state index < -0.39 is 11.4 Å². The van der Waals surface area contributed by atoms with Crippen LogP contribution in [0.25, 0.3) is 0 Å². The second-order valence-corrected chi connectivity index (χ2v) is 3.93. The molecule has 0 aliphatic rings. The van der Waals surface area contributed by atoms with Crippen molar-refractivity contribution in [1.82, 2.24) is 9.97 Å². The van der Waals surface area contributed by atoms with E-state index in [0.717, 1.165) is 6.20 Å². The second-order valence-electron chi connectivity index (χ2n) is 3.93. The molecular formula is C9H15FN4O. The molecule has 0 aliphatic carbocycles. The van der Waals surface area contributed by atoms with Gasteiger partial charge in [-0.2, -0.15) is 4.98 Å². The van der Waals surface area contributed by atoms with E-state index in [-0.39, 0.29) is 18.4 Å². The molecule has 5 nitrogen and oxygen atoms in total. The Balaban J connectivity index is 3.10. The molecule has 0 amide bonds. The Hall–Kier alpha value is -1.43. The van der Waals surface area contributed by atoms with Crippen molar-refractivity contribution in [3.8, 4) is 0 Å². The molecule has 0 unspecified atom stereocenters. The van der Waals surface area contributed by atoms with Crippen LogP contribution in [0.4, 0.5) is 16.2 Å². The number of likely N-dealkylation sites (N-methyl/N-ethyl adjacent to an activating group) is 1. The summed E-state index contributed by atoms with van der Waals surface area (Å²) >= 11 is 0. The van der Waals surface area contributed by atoms with E-state index in [0.29, 0.717) is 0 Å². The maximum atomic E-state index is 13.4. The predicted octanol–water partition coefficient (Wildman–Crippen LogP) is 0.405. The van der Waals surface area contributed by atoms with Crippen molar-refractivity contribution >= 4 is 11.8 Å². The highest BCUT2D eigenvalue weighted by molar-refractivity contribution is 5.44. The zero-order valence-corrected chi connectivity index (χ0v) is 9.03. The monoisotopic (exact) mass is 214 g/mol. The third kappa shape index (κ3) is 2.33. The van der Waals surface area contributed by atoms with E-state index in [1.165, 1.54) is 4.90 Å². The standard InChI is InChI=1S/C9H15FN4O/c1-9(2,5-15)14(3)7-6(10)4-12-8(11)13-7/h4,15H,5H2,1-3H3,(H2,11,12,13). The molecule has 6 heteroatoms. The fourth-order valence-corrected chi connectivity index (χ4v) is 0.999. The summed E-state index contributed by atoms with van der Waals surface area (Å²) in [6, 6.07) is 0. The molecule has 0 aliphatic heterocycles. The van der Waals surface area contributed by atoms with Gasteiger partial charge >= 0.3 is 0 Å². The number of hydrogen-bond acceptors (Lipinski definition) is 5. The van der Waals surface area contributed by atoms with Gasteiger partial charge in [-0.3, -0.25) is 0 Å². The van der Waals surface area contributed by atoms with Gasteiger partial charge in [-0.05, 0) is 13.8 Å². The van der Waals surface area contributed by atoms with Crippen LogP contribution >= 0.6 is 0 Å². The lowest BCUT2D eigenvalue weighted by molar-refractivity contribution is 0.215.